The smallest absolute Gasteiger partial charge is 0.0611 e. The lowest BCUT2D eigenvalue weighted by atomic mass is 9.95. The molecular weight excluding hydrogens is 166 g/mol. The Hall–Kier alpha value is -0.870. The monoisotopic (exact) mass is 183 g/mol. The first-order valence-corrected chi connectivity index (χ1v) is 4.33. The molecule has 0 bridgehead atoms. The van der Waals surface area contributed by atoms with Crippen molar-refractivity contribution < 1.29 is 5.11 Å². The number of nitrogens with zero attached hydrogens (tertiary/aromatic N) is 2. The third kappa shape index (κ3) is 2.29. The molecule has 0 spiro atoms. The molecule has 4 heteroatoms. The Kier molecular flexibility index (Phi) is 2.73. The van der Waals surface area contributed by atoms with E-state index >= 15 is 0 Å². The molecule has 1 aromatic rings. The van der Waals surface area contributed by atoms with E-state index < -0.39 is 5.54 Å². The minimum absolute atomic E-state index is 0.0126. The predicted octanol–water partition coefficient (Wildman–Crippen LogP) is -0.0193. The minimum Gasteiger partial charge on any atom is -0.394 e. The molecule has 0 fully saturated rings. The molecule has 0 aliphatic heterocycles. The summed E-state index contributed by atoms with van der Waals surface area (Å²) >= 11 is 0. The van der Waals surface area contributed by atoms with Crippen molar-refractivity contribution >= 4 is 0 Å². The predicted molar refractivity (Wildman–Crippen MR) is 51.3 cm³/mol. The molecule has 1 heterocycles. The minimum atomic E-state index is -0.548. The summed E-state index contributed by atoms with van der Waals surface area (Å²) in [6.45, 7) is 3.82. The van der Waals surface area contributed by atoms with Crippen molar-refractivity contribution in [1.82, 2.24) is 9.78 Å². The van der Waals surface area contributed by atoms with E-state index in [4.69, 9.17) is 10.8 Å². The van der Waals surface area contributed by atoms with Crippen LogP contribution in [-0.2, 0) is 13.5 Å². The van der Waals surface area contributed by atoms with Gasteiger partial charge in [0.05, 0.1) is 12.8 Å². The largest absolute Gasteiger partial charge is 0.394 e. The Morgan fingerprint density at radius 3 is 2.69 bits per heavy atom. The topological polar surface area (TPSA) is 64.1 Å². The maximum atomic E-state index is 9.00. The van der Waals surface area contributed by atoms with Gasteiger partial charge in [-0.1, -0.05) is 0 Å². The molecule has 1 rings (SSSR count). The maximum absolute atomic E-state index is 9.00. The molecule has 0 saturated heterocycles. The van der Waals surface area contributed by atoms with Gasteiger partial charge in [0, 0.05) is 18.3 Å². The summed E-state index contributed by atoms with van der Waals surface area (Å²) in [6.07, 6.45) is 2.46. The Labute approximate surface area is 78.4 Å². The van der Waals surface area contributed by atoms with Crippen LogP contribution in [0, 0.1) is 6.92 Å². The summed E-state index contributed by atoms with van der Waals surface area (Å²) in [5.74, 6) is 0. The van der Waals surface area contributed by atoms with Crippen molar-refractivity contribution in [3.63, 3.8) is 0 Å². The molecule has 1 atom stereocenters. The number of aryl methyl sites for hydroxylation is 1. The third-order valence-electron chi connectivity index (χ3n) is 2.29. The van der Waals surface area contributed by atoms with Crippen LogP contribution in [0.1, 0.15) is 18.2 Å². The first kappa shape index (κ1) is 10.2. The zero-order valence-electron chi connectivity index (χ0n) is 8.41. The molecular formula is C9H17N3O. The quantitative estimate of drug-likeness (QED) is 0.692. The van der Waals surface area contributed by atoms with Crippen molar-refractivity contribution in [2.24, 2.45) is 12.8 Å². The highest BCUT2D eigenvalue weighted by Gasteiger charge is 2.19. The molecule has 0 amide bonds. The summed E-state index contributed by atoms with van der Waals surface area (Å²) < 4.78 is 1.81. The van der Waals surface area contributed by atoms with E-state index in [0.717, 1.165) is 11.3 Å². The van der Waals surface area contributed by atoms with Gasteiger partial charge in [-0.3, -0.25) is 4.68 Å². The second kappa shape index (κ2) is 3.47. The van der Waals surface area contributed by atoms with E-state index in [1.807, 2.05) is 25.6 Å². The average Bonchev–Trinajstić information content (AvgIpc) is 2.36. The van der Waals surface area contributed by atoms with Gasteiger partial charge in [-0.25, -0.2) is 0 Å². The lowest BCUT2D eigenvalue weighted by Gasteiger charge is -2.21. The first-order chi connectivity index (χ1) is 5.96. The van der Waals surface area contributed by atoms with E-state index in [2.05, 4.69) is 5.10 Å². The molecule has 13 heavy (non-hydrogen) atoms. The van der Waals surface area contributed by atoms with Crippen LogP contribution in [0.25, 0.3) is 0 Å². The van der Waals surface area contributed by atoms with Crippen LogP contribution in [-0.4, -0.2) is 27.0 Å². The Morgan fingerprint density at radius 1 is 1.69 bits per heavy atom. The first-order valence-electron chi connectivity index (χ1n) is 4.33. The number of aromatic nitrogens is 2. The Bertz CT molecular complexity index is 291. The van der Waals surface area contributed by atoms with E-state index in [1.165, 1.54) is 0 Å². The van der Waals surface area contributed by atoms with Gasteiger partial charge in [0.15, 0.2) is 0 Å². The molecule has 0 aliphatic carbocycles. The molecule has 0 saturated carbocycles. The molecule has 74 valence electrons. The van der Waals surface area contributed by atoms with Crippen LogP contribution in [0.4, 0.5) is 0 Å². The van der Waals surface area contributed by atoms with E-state index in [-0.39, 0.29) is 6.61 Å². The zero-order valence-corrected chi connectivity index (χ0v) is 8.41. The number of hydrogen-bond acceptors (Lipinski definition) is 3. The average molecular weight is 183 g/mol. The number of nitrogens with two attached hydrogens (primary N) is 1. The summed E-state index contributed by atoms with van der Waals surface area (Å²) in [5, 5.41) is 13.1. The van der Waals surface area contributed by atoms with Crippen molar-refractivity contribution in [3.05, 3.63) is 17.5 Å². The van der Waals surface area contributed by atoms with E-state index in [0.29, 0.717) is 6.42 Å². The Morgan fingerprint density at radius 2 is 2.31 bits per heavy atom. The van der Waals surface area contributed by atoms with Crippen molar-refractivity contribution in [3.8, 4) is 0 Å². The van der Waals surface area contributed by atoms with Crippen molar-refractivity contribution in [1.29, 1.82) is 0 Å². The molecule has 1 unspecified atom stereocenters. The van der Waals surface area contributed by atoms with Gasteiger partial charge in [-0.05, 0) is 25.8 Å². The zero-order chi connectivity index (χ0) is 10.1. The maximum Gasteiger partial charge on any atom is 0.0611 e. The number of rotatable bonds is 3. The molecule has 3 N–H and O–H groups in total. The van der Waals surface area contributed by atoms with Crippen LogP contribution >= 0.6 is 0 Å². The summed E-state index contributed by atoms with van der Waals surface area (Å²) in [4.78, 5) is 0. The highest BCUT2D eigenvalue weighted by atomic mass is 16.3. The highest BCUT2D eigenvalue weighted by molar-refractivity contribution is 5.18. The molecule has 1 aromatic heterocycles. The van der Waals surface area contributed by atoms with Crippen molar-refractivity contribution in [2.45, 2.75) is 25.8 Å². The summed E-state index contributed by atoms with van der Waals surface area (Å²) in [5.41, 5.74) is 7.49. The van der Waals surface area contributed by atoms with Crippen LogP contribution in [0.15, 0.2) is 6.20 Å². The Balaban J connectivity index is 2.80. The lowest BCUT2D eigenvalue weighted by molar-refractivity contribution is 0.208. The number of aliphatic hydroxyl groups is 1. The van der Waals surface area contributed by atoms with Crippen molar-refractivity contribution in [2.75, 3.05) is 6.61 Å². The van der Waals surface area contributed by atoms with E-state index in [9.17, 15) is 0 Å². The van der Waals surface area contributed by atoms with Gasteiger partial charge < -0.3 is 10.8 Å². The standard InChI is InChI=1S/C9H17N3O/c1-7-8(5-11-12(7)3)4-9(2,10)6-13/h5,13H,4,6,10H2,1-3H3. The van der Waals surface area contributed by atoms with Crippen LogP contribution in [0.2, 0.25) is 0 Å². The lowest BCUT2D eigenvalue weighted by Crippen LogP contribution is -2.42. The number of hydrogen-bond donors (Lipinski definition) is 2. The normalized spacial score (nSPS) is 15.8. The fourth-order valence-electron chi connectivity index (χ4n) is 1.21. The SMILES string of the molecule is Cc1c(CC(C)(N)CO)cnn1C. The van der Waals surface area contributed by atoms with Crippen LogP contribution in [0.3, 0.4) is 0 Å². The summed E-state index contributed by atoms with van der Waals surface area (Å²) in [6, 6.07) is 0. The summed E-state index contributed by atoms with van der Waals surface area (Å²) in [7, 11) is 1.89. The molecule has 0 aliphatic rings. The number of aliphatic hydroxyl groups excluding tert-OH is 1. The fraction of sp³-hybridized carbons (Fsp3) is 0.667. The van der Waals surface area contributed by atoms with Gasteiger partial charge in [-0.15, -0.1) is 0 Å². The highest BCUT2D eigenvalue weighted by Crippen LogP contribution is 2.13. The molecule has 0 aromatic carbocycles. The fourth-order valence-corrected chi connectivity index (χ4v) is 1.21. The van der Waals surface area contributed by atoms with Gasteiger partial charge in [0.2, 0.25) is 0 Å². The molecule has 0 radical (unpaired) electrons. The van der Waals surface area contributed by atoms with E-state index in [1.54, 1.807) is 6.20 Å². The van der Waals surface area contributed by atoms with Gasteiger partial charge >= 0.3 is 0 Å². The van der Waals surface area contributed by atoms with Gasteiger partial charge in [0.1, 0.15) is 0 Å². The van der Waals surface area contributed by atoms with Crippen LogP contribution < -0.4 is 5.73 Å². The second-order valence-electron chi connectivity index (χ2n) is 3.87. The molecule has 4 nitrogen and oxygen atoms in total. The van der Waals surface area contributed by atoms with Gasteiger partial charge in [-0.2, -0.15) is 5.10 Å². The second-order valence-corrected chi connectivity index (χ2v) is 3.87. The van der Waals surface area contributed by atoms with Gasteiger partial charge in [0.25, 0.3) is 0 Å². The van der Waals surface area contributed by atoms with Crippen LogP contribution in [0.5, 0.6) is 0 Å². The third-order valence-corrected chi connectivity index (χ3v) is 2.29.